The summed E-state index contributed by atoms with van der Waals surface area (Å²) in [6.07, 6.45) is 0. The molecule has 0 aliphatic carbocycles. The third-order valence-electron chi connectivity index (χ3n) is 3.56. The molecule has 0 aromatic heterocycles. The van der Waals surface area contributed by atoms with Crippen LogP contribution in [-0.4, -0.2) is 12.5 Å². The van der Waals surface area contributed by atoms with Crippen molar-refractivity contribution in [3.8, 4) is 0 Å². The predicted molar refractivity (Wildman–Crippen MR) is 86.2 cm³/mol. The first-order valence-corrected chi connectivity index (χ1v) is 7.29. The molecule has 0 radical (unpaired) electrons. The van der Waals surface area contributed by atoms with Crippen LogP contribution >= 0.6 is 11.6 Å². The molecular weight excluding hydrogens is 284 g/mol. The standard InChI is InChI=1S/C17H19ClN2O/c1-12(13-5-3-2-4-6-13)17(20-16(21)11-19)14-7-9-15(18)10-8-14/h2-10,12,17H,11,19H2,1H3,(H,20,21). The van der Waals surface area contributed by atoms with Crippen molar-refractivity contribution in [2.24, 2.45) is 5.73 Å². The lowest BCUT2D eigenvalue weighted by Gasteiger charge is -2.26. The Morgan fingerprint density at radius 3 is 2.29 bits per heavy atom. The normalized spacial score (nSPS) is 13.5. The summed E-state index contributed by atoms with van der Waals surface area (Å²) in [4.78, 5) is 11.7. The van der Waals surface area contributed by atoms with Gasteiger partial charge in [0.15, 0.2) is 0 Å². The molecule has 2 rings (SSSR count). The maximum atomic E-state index is 11.7. The lowest BCUT2D eigenvalue weighted by molar-refractivity contribution is -0.120. The lowest BCUT2D eigenvalue weighted by Crippen LogP contribution is -2.36. The van der Waals surface area contributed by atoms with Gasteiger partial charge in [0.2, 0.25) is 5.91 Å². The number of rotatable bonds is 5. The van der Waals surface area contributed by atoms with E-state index in [-0.39, 0.29) is 24.4 Å². The Morgan fingerprint density at radius 2 is 1.71 bits per heavy atom. The van der Waals surface area contributed by atoms with Gasteiger partial charge < -0.3 is 11.1 Å². The summed E-state index contributed by atoms with van der Waals surface area (Å²) in [7, 11) is 0. The van der Waals surface area contributed by atoms with E-state index in [0.717, 1.165) is 11.1 Å². The summed E-state index contributed by atoms with van der Waals surface area (Å²) >= 11 is 5.94. The van der Waals surface area contributed by atoms with Crippen molar-refractivity contribution in [2.75, 3.05) is 6.54 Å². The topological polar surface area (TPSA) is 55.1 Å². The number of benzene rings is 2. The average Bonchev–Trinajstić information content (AvgIpc) is 2.53. The molecule has 2 aromatic carbocycles. The zero-order valence-corrected chi connectivity index (χ0v) is 12.7. The summed E-state index contributed by atoms with van der Waals surface area (Å²) in [5.74, 6) is -0.0411. The van der Waals surface area contributed by atoms with E-state index in [4.69, 9.17) is 17.3 Å². The molecule has 3 nitrogen and oxygen atoms in total. The van der Waals surface area contributed by atoms with Crippen LogP contribution in [0.3, 0.4) is 0 Å². The van der Waals surface area contributed by atoms with Gasteiger partial charge in [0.05, 0.1) is 12.6 Å². The monoisotopic (exact) mass is 302 g/mol. The van der Waals surface area contributed by atoms with Crippen LogP contribution in [0.5, 0.6) is 0 Å². The molecule has 0 saturated heterocycles. The van der Waals surface area contributed by atoms with E-state index >= 15 is 0 Å². The molecule has 2 aromatic rings. The molecule has 0 bridgehead atoms. The summed E-state index contributed by atoms with van der Waals surface area (Å²) in [5.41, 5.74) is 7.60. The maximum absolute atomic E-state index is 11.7. The molecule has 1 amide bonds. The van der Waals surface area contributed by atoms with Crippen molar-refractivity contribution in [1.82, 2.24) is 5.32 Å². The van der Waals surface area contributed by atoms with Gasteiger partial charge in [0, 0.05) is 10.9 Å². The Kier molecular flexibility index (Phi) is 5.37. The van der Waals surface area contributed by atoms with Crippen LogP contribution in [0.2, 0.25) is 5.02 Å². The number of nitrogens with one attached hydrogen (secondary N) is 1. The van der Waals surface area contributed by atoms with Gasteiger partial charge in [0.25, 0.3) is 0 Å². The van der Waals surface area contributed by atoms with E-state index in [1.165, 1.54) is 0 Å². The largest absolute Gasteiger partial charge is 0.348 e. The number of carbonyl (C=O) groups excluding carboxylic acids is 1. The third-order valence-corrected chi connectivity index (χ3v) is 3.81. The molecule has 2 unspecified atom stereocenters. The predicted octanol–water partition coefficient (Wildman–Crippen LogP) is 3.26. The van der Waals surface area contributed by atoms with Crippen LogP contribution in [0.1, 0.15) is 30.0 Å². The number of hydrogen-bond acceptors (Lipinski definition) is 2. The van der Waals surface area contributed by atoms with Gasteiger partial charge in [-0.3, -0.25) is 4.79 Å². The summed E-state index contributed by atoms with van der Waals surface area (Å²) < 4.78 is 0. The average molecular weight is 303 g/mol. The molecule has 0 spiro atoms. The van der Waals surface area contributed by atoms with Crippen LogP contribution in [0.15, 0.2) is 54.6 Å². The molecule has 0 fully saturated rings. The highest BCUT2D eigenvalue weighted by Crippen LogP contribution is 2.31. The number of nitrogens with two attached hydrogens (primary N) is 1. The van der Waals surface area contributed by atoms with Crippen molar-refractivity contribution in [3.05, 3.63) is 70.7 Å². The van der Waals surface area contributed by atoms with E-state index in [1.807, 2.05) is 42.5 Å². The summed E-state index contributed by atoms with van der Waals surface area (Å²) in [5, 5.41) is 3.67. The number of hydrogen-bond donors (Lipinski definition) is 2. The second kappa shape index (κ2) is 7.25. The third kappa shape index (κ3) is 4.06. The molecular formula is C17H19ClN2O. The van der Waals surface area contributed by atoms with E-state index < -0.39 is 0 Å². The number of amides is 1. The van der Waals surface area contributed by atoms with E-state index in [1.54, 1.807) is 0 Å². The van der Waals surface area contributed by atoms with Crippen LogP contribution in [0.25, 0.3) is 0 Å². The molecule has 21 heavy (non-hydrogen) atoms. The minimum Gasteiger partial charge on any atom is -0.348 e. The first-order chi connectivity index (χ1) is 10.1. The quantitative estimate of drug-likeness (QED) is 0.890. The van der Waals surface area contributed by atoms with Gasteiger partial charge >= 0.3 is 0 Å². The Morgan fingerprint density at radius 1 is 1.10 bits per heavy atom. The smallest absolute Gasteiger partial charge is 0.234 e. The highest BCUT2D eigenvalue weighted by atomic mass is 35.5. The zero-order valence-electron chi connectivity index (χ0n) is 11.9. The molecule has 0 heterocycles. The minimum absolute atomic E-state index is 0.0222. The second-order valence-electron chi connectivity index (χ2n) is 5.00. The van der Waals surface area contributed by atoms with Crippen molar-refractivity contribution < 1.29 is 4.79 Å². The van der Waals surface area contributed by atoms with Gasteiger partial charge in [-0.25, -0.2) is 0 Å². The van der Waals surface area contributed by atoms with Gasteiger partial charge in [-0.15, -0.1) is 0 Å². The molecule has 2 atom stereocenters. The highest BCUT2D eigenvalue weighted by Gasteiger charge is 2.22. The van der Waals surface area contributed by atoms with Gasteiger partial charge in [-0.05, 0) is 23.3 Å². The van der Waals surface area contributed by atoms with Gasteiger partial charge in [-0.2, -0.15) is 0 Å². The molecule has 0 aliphatic rings. The lowest BCUT2D eigenvalue weighted by atomic mass is 9.88. The molecule has 0 saturated carbocycles. The van der Waals surface area contributed by atoms with Crippen LogP contribution in [0, 0.1) is 0 Å². The maximum Gasteiger partial charge on any atom is 0.234 e. The first-order valence-electron chi connectivity index (χ1n) is 6.91. The number of carbonyl (C=O) groups is 1. The Balaban J connectivity index is 2.31. The fourth-order valence-electron chi connectivity index (χ4n) is 2.35. The van der Waals surface area contributed by atoms with Crippen LogP contribution in [-0.2, 0) is 4.79 Å². The van der Waals surface area contributed by atoms with E-state index in [0.29, 0.717) is 5.02 Å². The van der Waals surface area contributed by atoms with Crippen molar-refractivity contribution in [3.63, 3.8) is 0 Å². The SMILES string of the molecule is CC(c1ccccc1)C(NC(=O)CN)c1ccc(Cl)cc1. The molecule has 0 aliphatic heterocycles. The number of halogens is 1. The van der Waals surface area contributed by atoms with E-state index in [2.05, 4.69) is 24.4 Å². The molecule has 4 heteroatoms. The fourth-order valence-corrected chi connectivity index (χ4v) is 2.47. The highest BCUT2D eigenvalue weighted by molar-refractivity contribution is 6.30. The van der Waals surface area contributed by atoms with Gasteiger partial charge in [0.1, 0.15) is 0 Å². The zero-order chi connectivity index (χ0) is 15.2. The van der Waals surface area contributed by atoms with Crippen molar-refractivity contribution in [1.29, 1.82) is 0 Å². The van der Waals surface area contributed by atoms with E-state index in [9.17, 15) is 4.79 Å². The summed E-state index contributed by atoms with van der Waals surface area (Å²) in [6.45, 7) is 2.07. The first kappa shape index (κ1) is 15.5. The van der Waals surface area contributed by atoms with Crippen molar-refractivity contribution in [2.45, 2.75) is 18.9 Å². The Labute approximate surface area is 130 Å². The summed E-state index contributed by atoms with van der Waals surface area (Å²) in [6, 6.07) is 17.5. The fraction of sp³-hybridized carbons (Fsp3) is 0.235. The van der Waals surface area contributed by atoms with Gasteiger partial charge in [-0.1, -0.05) is 61.0 Å². The van der Waals surface area contributed by atoms with Crippen LogP contribution in [0.4, 0.5) is 0 Å². The second-order valence-corrected chi connectivity index (χ2v) is 5.44. The minimum atomic E-state index is -0.169. The Hall–Kier alpha value is -1.84. The molecule has 3 N–H and O–H groups in total. The van der Waals surface area contributed by atoms with Crippen molar-refractivity contribution >= 4 is 17.5 Å². The Bertz CT molecular complexity index is 583. The molecule has 110 valence electrons. The van der Waals surface area contributed by atoms with Crippen LogP contribution < -0.4 is 11.1 Å².